The molecule has 1 unspecified atom stereocenters. The zero-order chi connectivity index (χ0) is 13.5. The van der Waals surface area contributed by atoms with Gasteiger partial charge in [-0.3, -0.25) is 9.69 Å². The maximum absolute atomic E-state index is 13.2. The summed E-state index contributed by atoms with van der Waals surface area (Å²) in [6.07, 6.45) is 0. The minimum absolute atomic E-state index is 0.0603. The Balaban J connectivity index is 2.73. The minimum Gasteiger partial charge on any atom is -0.355 e. The molecule has 0 radical (unpaired) electrons. The lowest BCUT2D eigenvalue weighted by Crippen LogP contribution is -2.39. The van der Waals surface area contributed by atoms with Gasteiger partial charge >= 0.3 is 0 Å². The van der Waals surface area contributed by atoms with Crippen molar-refractivity contribution in [3.63, 3.8) is 0 Å². The molecule has 0 bridgehead atoms. The van der Waals surface area contributed by atoms with E-state index in [4.69, 9.17) is 5.73 Å². The van der Waals surface area contributed by atoms with E-state index in [9.17, 15) is 9.18 Å². The number of likely N-dealkylation sites (N-methyl/N-ethyl adjacent to an activating group) is 2. The van der Waals surface area contributed by atoms with Gasteiger partial charge in [-0.2, -0.15) is 0 Å². The number of hydrogen-bond acceptors (Lipinski definition) is 3. The van der Waals surface area contributed by atoms with E-state index >= 15 is 0 Å². The van der Waals surface area contributed by atoms with Crippen LogP contribution in [0.15, 0.2) is 24.3 Å². The second-order valence-electron chi connectivity index (χ2n) is 4.18. The number of nitrogens with zero attached hydrogens (tertiary/aromatic N) is 1. The molecule has 0 aliphatic carbocycles. The summed E-state index contributed by atoms with van der Waals surface area (Å²) in [5.74, 6) is -0.354. The first kappa shape index (κ1) is 14.6. The fourth-order valence-corrected chi connectivity index (χ4v) is 1.87. The predicted molar refractivity (Wildman–Crippen MR) is 69.5 cm³/mol. The Morgan fingerprint density at radius 3 is 2.83 bits per heavy atom. The smallest absolute Gasteiger partial charge is 0.234 e. The third-order valence-electron chi connectivity index (χ3n) is 2.76. The number of rotatable bonds is 6. The molecule has 0 fully saturated rings. The maximum atomic E-state index is 13.2. The molecule has 0 aromatic heterocycles. The van der Waals surface area contributed by atoms with Crippen LogP contribution in [0.5, 0.6) is 0 Å². The van der Waals surface area contributed by atoms with Crippen LogP contribution in [0.1, 0.15) is 18.5 Å². The summed E-state index contributed by atoms with van der Waals surface area (Å²) < 4.78 is 13.2. The standard InChI is InChI=1S/C13H20FN3O/c1-3-16-13(18)9-17(2)12(8-15)10-5-4-6-11(14)7-10/h4-7,12H,3,8-9,15H2,1-2H3,(H,16,18). The summed E-state index contributed by atoms with van der Waals surface area (Å²) in [5.41, 5.74) is 6.49. The summed E-state index contributed by atoms with van der Waals surface area (Å²) in [5, 5.41) is 2.72. The minimum atomic E-state index is -0.294. The maximum Gasteiger partial charge on any atom is 0.234 e. The number of benzene rings is 1. The molecule has 1 aromatic carbocycles. The number of halogens is 1. The third-order valence-corrected chi connectivity index (χ3v) is 2.76. The molecule has 0 saturated heterocycles. The van der Waals surface area contributed by atoms with E-state index in [2.05, 4.69) is 5.32 Å². The van der Waals surface area contributed by atoms with Crippen molar-refractivity contribution < 1.29 is 9.18 Å². The molecule has 0 heterocycles. The summed E-state index contributed by atoms with van der Waals surface area (Å²) >= 11 is 0. The zero-order valence-corrected chi connectivity index (χ0v) is 10.8. The van der Waals surface area contributed by atoms with E-state index in [0.717, 1.165) is 5.56 Å². The Bertz CT molecular complexity index is 398. The molecule has 0 spiro atoms. The zero-order valence-electron chi connectivity index (χ0n) is 10.8. The first-order valence-corrected chi connectivity index (χ1v) is 6.01. The molecule has 0 aliphatic rings. The molecule has 18 heavy (non-hydrogen) atoms. The highest BCUT2D eigenvalue weighted by Gasteiger charge is 2.18. The Labute approximate surface area is 107 Å². The van der Waals surface area contributed by atoms with Crippen LogP contribution < -0.4 is 11.1 Å². The molecule has 0 saturated carbocycles. The van der Waals surface area contributed by atoms with Gasteiger partial charge in [-0.15, -0.1) is 0 Å². The van der Waals surface area contributed by atoms with Crippen LogP contribution in [0.3, 0.4) is 0 Å². The lowest BCUT2D eigenvalue weighted by molar-refractivity contribution is -0.122. The van der Waals surface area contributed by atoms with Crippen LogP contribution in [0.4, 0.5) is 4.39 Å². The molecule has 3 N–H and O–H groups in total. The topological polar surface area (TPSA) is 58.4 Å². The molecule has 100 valence electrons. The van der Waals surface area contributed by atoms with Crippen LogP contribution in [0, 0.1) is 5.82 Å². The van der Waals surface area contributed by atoms with Crippen LogP contribution in [-0.4, -0.2) is 37.5 Å². The van der Waals surface area contributed by atoms with E-state index in [1.54, 1.807) is 13.1 Å². The highest BCUT2D eigenvalue weighted by Crippen LogP contribution is 2.18. The summed E-state index contributed by atoms with van der Waals surface area (Å²) in [6.45, 7) is 3.04. The van der Waals surface area contributed by atoms with Gasteiger partial charge in [0.15, 0.2) is 0 Å². The van der Waals surface area contributed by atoms with Crippen molar-refractivity contribution in [1.29, 1.82) is 0 Å². The molecular weight excluding hydrogens is 233 g/mol. The number of amides is 1. The lowest BCUT2D eigenvalue weighted by atomic mass is 10.1. The third kappa shape index (κ3) is 4.09. The van der Waals surface area contributed by atoms with E-state index < -0.39 is 0 Å². The van der Waals surface area contributed by atoms with E-state index in [1.807, 2.05) is 17.9 Å². The van der Waals surface area contributed by atoms with Gasteiger partial charge in [0.05, 0.1) is 6.54 Å². The van der Waals surface area contributed by atoms with Crippen LogP contribution >= 0.6 is 0 Å². The summed E-state index contributed by atoms with van der Waals surface area (Å²) in [4.78, 5) is 13.3. The van der Waals surface area contributed by atoms with Gasteiger partial charge in [-0.25, -0.2) is 4.39 Å². The first-order valence-electron chi connectivity index (χ1n) is 6.01. The highest BCUT2D eigenvalue weighted by molar-refractivity contribution is 5.77. The van der Waals surface area contributed by atoms with Gasteiger partial charge in [0.2, 0.25) is 5.91 Å². The van der Waals surface area contributed by atoms with Gasteiger partial charge in [0.1, 0.15) is 5.82 Å². The number of hydrogen-bond donors (Lipinski definition) is 2. The number of carbonyl (C=O) groups is 1. The van der Waals surface area contributed by atoms with Crippen LogP contribution in [0.25, 0.3) is 0 Å². The van der Waals surface area contributed by atoms with Crippen molar-refractivity contribution in [2.75, 3.05) is 26.7 Å². The van der Waals surface area contributed by atoms with Gasteiger partial charge in [-0.05, 0) is 31.7 Å². The normalized spacial score (nSPS) is 12.5. The summed E-state index contributed by atoms with van der Waals surface area (Å²) in [6, 6.07) is 6.14. The highest BCUT2D eigenvalue weighted by atomic mass is 19.1. The monoisotopic (exact) mass is 253 g/mol. The number of carbonyl (C=O) groups excluding carboxylic acids is 1. The fraction of sp³-hybridized carbons (Fsp3) is 0.462. The Morgan fingerprint density at radius 1 is 1.56 bits per heavy atom. The van der Waals surface area contributed by atoms with Crippen molar-refractivity contribution in [2.45, 2.75) is 13.0 Å². The van der Waals surface area contributed by atoms with Gasteiger partial charge in [0.25, 0.3) is 0 Å². The van der Waals surface area contributed by atoms with Crippen molar-refractivity contribution in [3.8, 4) is 0 Å². The molecule has 0 aliphatic heterocycles. The molecule has 1 amide bonds. The van der Waals surface area contributed by atoms with Gasteiger partial charge < -0.3 is 11.1 Å². The van der Waals surface area contributed by atoms with Gasteiger partial charge in [0, 0.05) is 19.1 Å². The average Bonchev–Trinajstić information content (AvgIpc) is 2.30. The molecular formula is C13H20FN3O. The van der Waals surface area contributed by atoms with Crippen molar-refractivity contribution in [2.24, 2.45) is 5.73 Å². The predicted octanol–water partition coefficient (Wildman–Crippen LogP) is 0.893. The van der Waals surface area contributed by atoms with Gasteiger partial charge in [-0.1, -0.05) is 12.1 Å². The Kier molecular flexibility index (Phi) is 5.74. The second-order valence-corrected chi connectivity index (χ2v) is 4.18. The fourth-order valence-electron chi connectivity index (χ4n) is 1.87. The average molecular weight is 253 g/mol. The first-order chi connectivity index (χ1) is 8.58. The molecule has 4 nitrogen and oxygen atoms in total. The largest absolute Gasteiger partial charge is 0.355 e. The van der Waals surface area contributed by atoms with E-state index in [-0.39, 0.29) is 24.3 Å². The Morgan fingerprint density at radius 2 is 2.28 bits per heavy atom. The van der Waals surface area contributed by atoms with Crippen LogP contribution in [0.2, 0.25) is 0 Å². The van der Waals surface area contributed by atoms with Crippen molar-refractivity contribution in [3.05, 3.63) is 35.6 Å². The molecule has 1 aromatic rings. The van der Waals surface area contributed by atoms with Crippen molar-refractivity contribution >= 4 is 5.91 Å². The van der Waals surface area contributed by atoms with Crippen LogP contribution in [-0.2, 0) is 4.79 Å². The second kappa shape index (κ2) is 7.08. The number of nitrogens with two attached hydrogens (primary N) is 1. The molecule has 5 heteroatoms. The quantitative estimate of drug-likeness (QED) is 0.791. The van der Waals surface area contributed by atoms with E-state index in [0.29, 0.717) is 13.1 Å². The lowest BCUT2D eigenvalue weighted by Gasteiger charge is -2.26. The number of nitrogens with one attached hydrogen (secondary N) is 1. The molecule has 1 atom stereocenters. The van der Waals surface area contributed by atoms with Crippen molar-refractivity contribution in [1.82, 2.24) is 10.2 Å². The SMILES string of the molecule is CCNC(=O)CN(C)C(CN)c1cccc(F)c1. The Hall–Kier alpha value is -1.46. The van der Waals surface area contributed by atoms with E-state index in [1.165, 1.54) is 12.1 Å². The summed E-state index contributed by atoms with van der Waals surface area (Å²) in [7, 11) is 1.80. The molecule has 1 rings (SSSR count).